The quantitative estimate of drug-likeness (QED) is 0.863. The average molecular weight is 393 g/mol. The third-order valence-electron chi connectivity index (χ3n) is 4.29. The maximum Gasteiger partial charge on any atom is 0.273 e. The molecule has 0 saturated heterocycles. The summed E-state index contributed by atoms with van der Waals surface area (Å²) in [5.41, 5.74) is 2.67. The van der Waals surface area contributed by atoms with E-state index < -0.39 is 15.9 Å². The summed E-state index contributed by atoms with van der Waals surface area (Å²) >= 11 is 1.17. The van der Waals surface area contributed by atoms with Crippen molar-refractivity contribution < 1.29 is 18.0 Å². The van der Waals surface area contributed by atoms with Gasteiger partial charge in [-0.2, -0.15) is 0 Å². The number of rotatable bonds is 4. The Morgan fingerprint density at radius 1 is 1.23 bits per heavy atom. The van der Waals surface area contributed by atoms with E-state index in [0.717, 1.165) is 21.6 Å². The molecule has 0 fully saturated rings. The standard InChI is InChI=1S/C18H20N2O4S2/c1-12-3-5-14(6-4-12)9-17(22)19-26(23,24)18-10-15-11-20(13(2)21)8-7-16(15)25-18/h3-6,10H,7-9,11H2,1-2H3,(H,19,22). The number of aryl methyl sites for hydroxylation is 1. The van der Waals surface area contributed by atoms with E-state index in [1.54, 1.807) is 11.0 Å². The van der Waals surface area contributed by atoms with Crippen LogP contribution in [0.4, 0.5) is 0 Å². The summed E-state index contributed by atoms with van der Waals surface area (Å²) in [4.78, 5) is 26.3. The summed E-state index contributed by atoms with van der Waals surface area (Å²) in [5, 5.41) is 0. The predicted octanol–water partition coefficient (Wildman–Crippen LogP) is 2.01. The normalized spacial score (nSPS) is 14.0. The van der Waals surface area contributed by atoms with E-state index in [2.05, 4.69) is 4.72 Å². The number of thiophene rings is 1. The highest BCUT2D eigenvalue weighted by atomic mass is 32.2. The lowest BCUT2D eigenvalue weighted by atomic mass is 10.1. The monoisotopic (exact) mass is 392 g/mol. The van der Waals surface area contributed by atoms with Crippen LogP contribution in [0.3, 0.4) is 0 Å². The molecule has 3 rings (SSSR count). The van der Waals surface area contributed by atoms with Gasteiger partial charge in [0, 0.05) is 24.9 Å². The molecule has 1 N–H and O–H groups in total. The number of hydrogen-bond donors (Lipinski definition) is 1. The van der Waals surface area contributed by atoms with Crippen LogP contribution in [0.5, 0.6) is 0 Å². The van der Waals surface area contributed by atoms with Crippen LogP contribution in [0.25, 0.3) is 0 Å². The molecule has 0 radical (unpaired) electrons. The number of hydrogen-bond acceptors (Lipinski definition) is 5. The van der Waals surface area contributed by atoms with Gasteiger partial charge in [0.2, 0.25) is 11.8 Å². The number of amides is 2. The highest BCUT2D eigenvalue weighted by molar-refractivity contribution is 7.92. The highest BCUT2D eigenvalue weighted by Crippen LogP contribution is 2.31. The Balaban J connectivity index is 1.71. The van der Waals surface area contributed by atoms with Crippen molar-refractivity contribution in [2.24, 2.45) is 0 Å². The Morgan fingerprint density at radius 2 is 1.92 bits per heavy atom. The molecule has 26 heavy (non-hydrogen) atoms. The maximum atomic E-state index is 12.5. The van der Waals surface area contributed by atoms with E-state index in [9.17, 15) is 18.0 Å². The summed E-state index contributed by atoms with van der Waals surface area (Å²) in [6.45, 7) is 4.44. The molecular weight excluding hydrogens is 372 g/mol. The van der Waals surface area contributed by atoms with Crippen LogP contribution in [-0.2, 0) is 39.0 Å². The van der Waals surface area contributed by atoms with Gasteiger partial charge in [0.05, 0.1) is 6.42 Å². The van der Waals surface area contributed by atoms with Crippen LogP contribution in [0.1, 0.15) is 28.5 Å². The number of carbonyl (C=O) groups is 2. The van der Waals surface area contributed by atoms with Crippen LogP contribution in [0.15, 0.2) is 34.5 Å². The predicted molar refractivity (Wildman–Crippen MR) is 99.3 cm³/mol. The zero-order valence-electron chi connectivity index (χ0n) is 14.6. The number of carbonyl (C=O) groups excluding carboxylic acids is 2. The summed E-state index contributed by atoms with van der Waals surface area (Å²) in [6.07, 6.45) is 0.634. The molecule has 2 heterocycles. The summed E-state index contributed by atoms with van der Waals surface area (Å²) in [5.74, 6) is -0.594. The molecule has 0 spiro atoms. The fraction of sp³-hybridized carbons (Fsp3) is 0.333. The minimum Gasteiger partial charge on any atom is -0.338 e. The molecular formula is C18H20N2O4S2. The van der Waals surface area contributed by atoms with Gasteiger partial charge in [0.1, 0.15) is 4.21 Å². The summed E-state index contributed by atoms with van der Waals surface area (Å²) < 4.78 is 27.3. The lowest BCUT2D eigenvalue weighted by Crippen LogP contribution is -2.33. The van der Waals surface area contributed by atoms with Gasteiger partial charge < -0.3 is 4.90 Å². The first-order valence-corrected chi connectivity index (χ1v) is 10.5. The Bertz CT molecular complexity index is 946. The van der Waals surface area contributed by atoms with Gasteiger partial charge >= 0.3 is 0 Å². The lowest BCUT2D eigenvalue weighted by Gasteiger charge is -2.25. The molecule has 2 aromatic rings. The molecule has 0 aliphatic carbocycles. The first-order valence-electron chi connectivity index (χ1n) is 8.23. The Hall–Kier alpha value is -2.19. The van der Waals surface area contributed by atoms with Crippen LogP contribution in [0.2, 0.25) is 0 Å². The fourth-order valence-electron chi connectivity index (χ4n) is 2.83. The van der Waals surface area contributed by atoms with Crippen LogP contribution >= 0.6 is 11.3 Å². The van der Waals surface area contributed by atoms with E-state index in [4.69, 9.17) is 0 Å². The van der Waals surface area contributed by atoms with Crippen LogP contribution in [-0.4, -0.2) is 31.7 Å². The highest BCUT2D eigenvalue weighted by Gasteiger charge is 2.26. The molecule has 0 unspecified atom stereocenters. The molecule has 0 atom stereocenters. The van der Waals surface area contributed by atoms with Gasteiger partial charge in [-0.3, -0.25) is 9.59 Å². The molecule has 1 aromatic carbocycles. The van der Waals surface area contributed by atoms with Crippen LogP contribution in [0, 0.1) is 6.92 Å². The largest absolute Gasteiger partial charge is 0.338 e. The van der Waals surface area contributed by atoms with Crippen molar-refractivity contribution in [1.82, 2.24) is 9.62 Å². The van der Waals surface area contributed by atoms with Gasteiger partial charge in [-0.15, -0.1) is 11.3 Å². The molecule has 1 aromatic heterocycles. The number of sulfonamides is 1. The minimum atomic E-state index is -3.90. The van der Waals surface area contributed by atoms with E-state index in [1.807, 2.05) is 31.2 Å². The molecule has 0 saturated carbocycles. The van der Waals surface area contributed by atoms with Crippen molar-refractivity contribution in [2.45, 2.75) is 37.4 Å². The van der Waals surface area contributed by atoms with E-state index >= 15 is 0 Å². The molecule has 138 valence electrons. The van der Waals surface area contributed by atoms with Gasteiger partial charge in [-0.05, 0) is 30.5 Å². The number of benzene rings is 1. The van der Waals surface area contributed by atoms with Crippen LogP contribution < -0.4 is 4.72 Å². The third-order valence-corrected chi connectivity index (χ3v) is 7.37. The second-order valence-electron chi connectivity index (χ2n) is 6.40. The van der Waals surface area contributed by atoms with Gasteiger partial charge in [0.25, 0.3) is 10.0 Å². The van der Waals surface area contributed by atoms with E-state index in [0.29, 0.717) is 19.5 Å². The number of fused-ring (bicyclic) bond motifs is 1. The SMILES string of the molecule is CC(=O)N1CCc2sc(S(=O)(=O)NC(=O)Cc3ccc(C)cc3)cc2C1. The minimum absolute atomic E-state index is 0.00269. The fourth-order valence-corrected chi connectivity index (χ4v) is 5.36. The van der Waals surface area contributed by atoms with E-state index in [-0.39, 0.29) is 16.5 Å². The van der Waals surface area contributed by atoms with Gasteiger partial charge in [0.15, 0.2) is 0 Å². The summed E-state index contributed by atoms with van der Waals surface area (Å²) in [7, 11) is -3.90. The number of nitrogens with zero attached hydrogens (tertiary/aromatic N) is 1. The second kappa shape index (κ2) is 7.20. The topological polar surface area (TPSA) is 83.6 Å². The van der Waals surface area contributed by atoms with Crippen molar-refractivity contribution in [1.29, 1.82) is 0 Å². The zero-order chi connectivity index (χ0) is 18.9. The number of nitrogens with one attached hydrogen (secondary N) is 1. The molecule has 2 amide bonds. The summed E-state index contributed by atoms with van der Waals surface area (Å²) in [6, 6.07) is 8.94. The third kappa shape index (κ3) is 4.13. The smallest absolute Gasteiger partial charge is 0.273 e. The van der Waals surface area contributed by atoms with Gasteiger partial charge in [-0.1, -0.05) is 29.8 Å². The van der Waals surface area contributed by atoms with Crippen molar-refractivity contribution in [3.8, 4) is 0 Å². The lowest BCUT2D eigenvalue weighted by molar-refractivity contribution is -0.129. The van der Waals surface area contributed by atoms with Crippen molar-refractivity contribution in [3.05, 3.63) is 51.9 Å². The zero-order valence-corrected chi connectivity index (χ0v) is 16.2. The van der Waals surface area contributed by atoms with E-state index in [1.165, 1.54) is 18.3 Å². The van der Waals surface area contributed by atoms with Crippen molar-refractivity contribution >= 4 is 33.2 Å². The average Bonchev–Trinajstić information content (AvgIpc) is 3.00. The Kier molecular flexibility index (Phi) is 5.15. The Morgan fingerprint density at radius 3 is 2.58 bits per heavy atom. The molecule has 0 bridgehead atoms. The second-order valence-corrected chi connectivity index (χ2v) is 9.44. The molecule has 1 aliphatic heterocycles. The molecule has 6 nitrogen and oxygen atoms in total. The van der Waals surface area contributed by atoms with Crippen molar-refractivity contribution in [2.75, 3.05) is 6.54 Å². The molecule has 1 aliphatic rings. The van der Waals surface area contributed by atoms with Crippen molar-refractivity contribution in [3.63, 3.8) is 0 Å². The first kappa shape index (κ1) is 18.6. The molecule has 8 heteroatoms. The maximum absolute atomic E-state index is 12.5. The van der Waals surface area contributed by atoms with Gasteiger partial charge in [-0.25, -0.2) is 13.1 Å². The Labute approximate surface area is 156 Å². The first-order chi connectivity index (χ1) is 12.2.